The highest BCUT2D eigenvalue weighted by atomic mass is 15.4. The van der Waals surface area contributed by atoms with Gasteiger partial charge in [0.25, 0.3) is 0 Å². The highest BCUT2D eigenvalue weighted by Crippen LogP contribution is 2.19. The molecule has 1 fully saturated rings. The van der Waals surface area contributed by atoms with E-state index >= 15 is 0 Å². The van der Waals surface area contributed by atoms with Crippen LogP contribution in [0.1, 0.15) is 12.8 Å². The molecule has 0 radical (unpaired) electrons. The van der Waals surface area contributed by atoms with Crippen molar-refractivity contribution in [1.29, 1.82) is 0 Å². The molecule has 0 amide bonds. The summed E-state index contributed by atoms with van der Waals surface area (Å²) in [6.07, 6.45) is 4.82. The highest BCUT2D eigenvalue weighted by molar-refractivity contribution is 5.09. The Morgan fingerprint density at radius 1 is 1.27 bits per heavy atom. The zero-order chi connectivity index (χ0) is 7.52. The third-order valence-electron chi connectivity index (χ3n) is 2.44. The van der Waals surface area contributed by atoms with Gasteiger partial charge in [-0.15, -0.1) is 0 Å². The monoisotopic (exact) mass is 153 g/mol. The largest absolute Gasteiger partial charge is 0.325 e. The van der Waals surface area contributed by atoms with Crippen LogP contribution in [0.4, 0.5) is 0 Å². The van der Waals surface area contributed by atoms with Gasteiger partial charge in [-0.3, -0.25) is 0 Å². The van der Waals surface area contributed by atoms with Crippen molar-refractivity contribution in [1.82, 2.24) is 16.2 Å². The Morgan fingerprint density at radius 2 is 2.09 bits per heavy atom. The van der Waals surface area contributed by atoms with E-state index < -0.39 is 0 Å². The molecule has 0 atom stereocenters. The van der Waals surface area contributed by atoms with Crippen molar-refractivity contribution in [3.05, 3.63) is 11.8 Å². The molecule has 2 aliphatic rings. The molecule has 3 nitrogen and oxygen atoms in total. The highest BCUT2D eigenvalue weighted by Gasteiger charge is 2.18. The van der Waals surface area contributed by atoms with Gasteiger partial charge in [0.1, 0.15) is 0 Å². The molecule has 0 aliphatic carbocycles. The first-order chi connectivity index (χ1) is 5.47. The van der Waals surface area contributed by atoms with E-state index in [2.05, 4.69) is 22.2 Å². The lowest BCUT2D eigenvalue weighted by atomic mass is 9.95. The SMILES string of the molecule is C1=C(C2CCNCC2)NNC1. The summed E-state index contributed by atoms with van der Waals surface area (Å²) in [6.45, 7) is 3.33. The Balaban J connectivity index is 1.92. The minimum absolute atomic E-state index is 0.770. The lowest BCUT2D eigenvalue weighted by molar-refractivity contribution is 0.400. The molecule has 2 rings (SSSR count). The molecule has 0 aromatic carbocycles. The number of allylic oxidation sites excluding steroid dienone is 1. The quantitative estimate of drug-likeness (QED) is 0.495. The lowest BCUT2D eigenvalue weighted by Gasteiger charge is -2.23. The van der Waals surface area contributed by atoms with Crippen molar-refractivity contribution in [3.63, 3.8) is 0 Å². The van der Waals surface area contributed by atoms with Crippen molar-refractivity contribution in [2.24, 2.45) is 5.92 Å². The molecule has 3 N–H and O–H groups in total. The summed E-state index contributed by atoms with van der Waals surface area (Å²) in [5.41, 5.74) is 7.73. The molecule has 0 spiro atoms. The van der Waals surface area contributed by atoms with E-state index in [9.17, 15) is 0 Å². The van der Waals surface area contributed by atoms with Gasteiger partial charge >= 0.3 is 0 Å². The molecule has 0 aromatic rings. The Kier molecular flexibility index (Phi) is 2.10. The van der Waals surface area contributed by atoms with Gasteiger partial charge in [-0.25, -0.2) is 5.43 Å². The van der Waals surface area contributed by atoms with Gasteiger partial charge < -0.3 is 10.7 Å². The number of piperidine rings is 1. The van der Waals surface area contributed by atoms with Crippen molar-refractivity contribution in [2.75, 3.05) is 19.6 Å². The molecular formula is C8H15N3. The summed E-state index contributed by atoms with van der Waals surface area (Å²) in [5, 5.41) is 3.36. The number of nitrogens with one attached hydrogen (secondary N) is 3. The molecule has 1 saturated heterocycles. The number of hydrogen-bond acceptors (Lipinski definition) is 3. The van der Waals surface area contributed by atoms with Gasteiger partial charge in [0.2, 0.25) is 0 Å². The van der Waals surface area contributed by atoms with E-state index in [1.165, 1.54) is 31.6 Å². The van der Waals surface area contributed by atoms with Crippen molar-refractivity contribution < 1.29 is 0 Å². The lowest BCUT2D eigenvalue weighted by Crippen LogP contribution is -2.33. The van der Waals surface area contributed by atoms with Gasteiger partial charge in [0, 0.05) is 18.2 Å². The van der Waals surface area contributed by atoms with E-state index in [0.717, 1.165) is 12.5 Å². The summed E-state index contributed by atoms with van der Waals surface area (Å²) < 4.78 is 0. The predicted octanol–water partition coefficient (Wildman–Crippen LogP) is -0.0223. The maximum atomic E-state index is 3.36. The Hall–Kier alpha value is -0.540. The zero-order valence-electron chi connectivity index (χ0n) is 6.69. The summed E-state index contributed by atoms with van der Waals surface area (Å²) in [6, 6.07) is 0. The minimum atomic E-state index is 0.770. The van der Waals surface area contributed by atoms with Gasteiger partial charge in [-0.1, -0.05) is 0 Å². The second-order valence-corrected chi connectivity index (χ2v) is 3.19. The Bertz CT molecular complexity index is 159. The molecule has 0 saturated carbocycles. The van der Waals surface area contributed by atoms with Crippen LogP contribution in [-0.2, 0) is 0 Å². The van der Waals surface area contributed by atoms with Crippen LogP contribution in [0.25, 0.3) is 0 Å². The number of hydrazine groups is 1. The van der Waals surface area contributed by atoms with Gasteiger partial charge in [-0.2, -0.15) is 0 Å². The number of hydrogen-bond donors (Lipinski definition) is 3. The average Bonchev–Trinajstić information content (AvgIpc) is 2.58. The van der Waals surface area contributed by atoms with Crippen LogP contribution in [0, 0.1) is 5.92 Å². The molecule has 62 valence electrons. The maximum Gasteiger partial charge on any atom is 0.0348 e. The van der Waals surface area contributed by atoms with Crippen LogP contribution in [-0.4, -0.2) is 19.6 Å². The summed E-state index contributed by atoms with van der Waals surface area (Å²) in [5.74, 6) is 0.770. The third-order valence-corrected chi connectivity index (χ3v) is 2.44. The van der Waals surface area contributed by atoms with Crippen molar-refractivity contribution in [3.8, 4) is 0 Å². The normalized spacial score (nSPS) is 26.4. The van der Waals surface area contributed by atoms with Crippen LogP contribution in [0.15, 0.2) is 11.8 Å². The van der Waals surface area contributed by atoms with E-state index in [1.54, 1.807) is 0 Å². The van der Waals surface area contributed by atoms with E-state index in [0.29, 0.717) is 0 Å². The summed E-state index contributed by atoms with van der Waals surface area (Å²) >= 11 is 0. The predicted molar refractivity (Wildman–Crippen MR) is 44.8 cm³/mol. The molecule has 2 heterocycles. The first-order valence-electron chi connectivity index (χ1n) is 4.36. The summed E-state index contributed by atoms with van der Waals surface area (Å²) in [4.78, 5) is 0. The van der Waals surface area contributed by atoms with Crippen LogP contribution < -0.4 is 16.2 Å². The standard InChI is InChI=1S/C8H15N3/c1-4-9-5-2-7(1)8-3-6-10-11-8/h3,7,9-11H,1-2,4-6H2. The fourth-order valence-electron chi connectivity index (χ4n) is 1.77. The van der Waals surface area contributed by atoms with Gasteiger partial charge in [0.05, 0.1) is 0 Å². The molecule has 3 heteroatoms. The second-order valence-electron chi connectivity index (χ2n) is 3.19. The van der Waals surface area contributed by atoms with Gasteiger partial charge in [-0.05, 0) is 32.0 Å². The van der Waals surface area contributed by atoms with Crippen LogP contribution in [0.3, 0.4) is 0 Å². The third kappa shape index (κ3) is 1.54. The van der Waals surface area contributed by atoms with Gasteiger partial charge in [0.15, 0.2) is 0 Å². The van der Waals surface area contributed by atoms with E-state index in [1.807, 2.05) is 0 Å². The van der Waals surface area contributed by atoms with Crippen LogP contribution in [0.2, 0.25) is 0 Å². The van der Waals surface area contributed by atoms with Crippen molar-refractivity contribution in [2.45, 2.75) is 12.8 Å². The minimum Gasteiger partial charge on any atom is -0.325 e. The van der Waals surface area contributed by atoms with Crippen molar-refractivity contribution >= 4 is 0 Å². The number of rotatable bonds is 1. The summed E-state index contributed by atoms with van der Waals surface area (Å²) in [7, 11) is 0. The first-order valence-corrected chi connectivity index (χ1v) is 4.36. The van der Waals surface area contributed by atoms with E-state index in [-0.39, 0.29) is 0 Å². The Morgan fingerprint density at radius 3 is 2.73 bits per heavy atom. The fraction of sp³-hybridized carbons (Fsp3) is 0.750. The van der Waals surface area contributed by atoms with E-state index in [4.69, 9.17) is 0 Å². The Labute approximate surface area is 67.2 Å². The zero-order valence-corrected chi connectivity index (χ0v) is 6.69. The smallest absolute Gasteiger partial charge is 0.0348 e. The average molecular weight is 153 g/mol. The molecule has 11 heavy (non-hydrogen) atoms. The fourth-order valence-corrected chi connectivity index (χ4v) is 1.77. The van der Waals surface area contributed by atoms with Crippen LogP contribution >= 0.6 is 0 Å². The van der Waals surface area contributed by atoms with Crippen LogP contribution in [0.5, 0.6) is 0 Å². The molecule has 2 aliphatic heterocycles. The molecular weight excluding hydrogens is 138 g/mol. The second kappa shape index (κ2) is 3.24. The molecule has 0 unspecified atom stereocenters. The first kappa shape index (κ1) is 7.13. The maximum absolute atomic E-state index is 3.36. The molecule has 0 aromatic heterocycles. The molecule has 0 bridgehead atoms. The topological polar surface area (TPSA) is 36.1 Å².